The highest BCUT2D eigenvalue weighted by Gasteiger charge is 2.15. The summed E-state index contributed by atoms with van der Waals surface area (Å²) in [5, 5.41) is 0.0273. The fourth-order valence-electron chi connectivity index (χ4n) is 2.52. The summed E-state index contributed by atoms with van der Waals surface area (Å²) in [4.78, 5) is 0. The second kappa shape index (κ2) is 6.23. The Hall–Kier alpha value is -1.27. The van der Waals surface area contributed by atoms with E-state index >= 15 is 0 Å². The molecule has 0 bridgehead atoms. The summed E-state index contributed by atoms with van der Waals surface area (Å²) >= 11 is 6.63. The van der Waals surface area contributed by atoms with Gasteiger partial charge in [-0.3, -0.25) is 0 Å². The van der Waals surface area contributed by atoms with Crippen molar-refractivity contribution in [3.63, 3.8) is 0 Å². The van der Waals surface area contributed by atoms with Crippen LogP contribution in [0.2, 0.25) is 0 Å². The Balaban J connectivity index is 2.17. The summed E-state index contributed by atoms with van der Waals surface area (Å²) in [5.41, 5.74) is 6.69. The molecule has 0 saturated heterocycles. The molecule has 0 aliphatic heterocycles. The summed E-state index contributed by atoms with van der Waals surface area (Å²) in [7, 11) is 0. The molecule has 21 heavy (non-hydrogen) atoms. The lowest BCUT2D eigenvalue weighted by molar-refractivity contribution is 0.590. The van der Waals surface area contributed by atoms with Gasteiger partial charge in [-0.1, -0.05) is 68.8 Å². The maximum atomic E-state index is 6.63. The van der Waals surface area contributed by atoms with Gasteiger partial charge in [0, 0.05) is 0 Å². The van der Waals surface area contributed by atoms with E-state index < -0.39 is 0 Å². The van der Waals surface area contributed by atoms with Crippen molar-refractivity contribution in [1.29, 1.82) is 0 Å². The van der Waals surface area contributed by atoms with Crippen LogP contribution in [-0.4, -0.2) is 0 Å². The Morgan fingerprint density at radius 2 is 1.57 bits per heavy atom. The molecule has 0 aliphatic carbocycles. The van der Waals surface area contributed by atoms with Crippen molar-refractivity contribution in [3.05, 3.63) is 70.3 Å². The molecular weight excluding hydrogens is 276 g/mol. The summed E-state index contributed by atoms with van der Waals surface area (Å²) in [6.45, 7) is 11.0. The van der Waals surface area contributed by atoms with Crippen LogP contribution in [0.3, 0.4) is 0 Å². The van der Waals surface area contributed by atoms with Crippen LogP contribution in [0.4, 0.5) is 0 Å². The summed E-state index contributed by atoms with van der Waals surface area (Å²) in [6.07, 6.45) is 0.879. The summed E-state index contributed by atoms with van der Waals surface area (Å²) in [5.74, 6) is 0. The van der Waals surface area contributed by atoms with E-state index in [4.69, 9.17) is 11.6 Å². The standard InChI is InChI=1S/C20H25Cl/c1-14-6-7-15(2)17(12-14)13-19(21)16-8-10-18(11-9-16)20(3,4)5/h6-12,19H,13H2,1-5H3. The molecule has 0 amide bonds. The molecule has 0 saturated carbocycles. The summed E-state index contributed by atoms with van der Waals surface area (Å²) < 4.78 is 0. The number of hydrogen-bond acceptors (Lipinski definition) is 0. The van der Waals surface area contributed by atoms with Crippen LogP contribution in [0.15, 0.2) is 42.5 Å². The SMILES string of the molecule is Cc1ccc(C)c(CC(Cl)c2ccc(C(C)(C)C)cc2)c1. The topological polar surface area (TPSA) is 0 Å². The van der Waals surface area contributed by atoms with Crippen LogP contribution in [0.1, 0.15) is 54.0 Å². The quantitative estimate of drug-likeness (QED) is 0.599. The third-order valence-electron chi connectivity index (χ3n) is 4.04. The number of alkyl halides is 1. The predicted octanol–water partition coefficient (Wildman–Crippen LogP) is 6.12. The van der Waals surface area contributed by atoms with Crippen LogP contribution >= 0.6 is 11.6 Å². The van der Waals surface area contributed by atoms with Crippen molar-refractivity contribution >= 4 is 11.6 Å². The molecule has 2 aromatic carbocycles. The molecule has 0 fully saturated rings. The van der Waals surface area contributed by atoms with E-state index in [0.29, 0.717) is 0 Å². The third-order valence-corrected chi connectivity index (χ3v) is 4.45. The fraction of sp³-hybridized carbons (Fsp3) is 0.400. The number of halogens is 1. The molecule has 0 aromatic heterocycles. The maximum Gasteiger partial charge on any atom is 0.0625 e. The van der Waals surface area contributed by atoms with Gasteiger partial charge in [-0.05, 0) is 47.9 Å². The van der Waals surface area contributed by atoms with Gasteiger partial charge in [0.25, 0.3) is 0 Å². The van der Waals surface area contributed by atoms with E-state index in [1.807, 2.05) is 0 Å². The van der Waals surface area contributed by atoms with Crippen LogP contribution in [0.5, 0.6) is 0 Å². The molecular formula is C20H25Cl. The predicted molar refractivity (Wildman–Crippen MR) is 93.4 cm³/mol. The zero-order valence-corrected chi connectivity index (χ0v) is 14.5. The molecule has 0 nitrogen and oxygen atoms in total. The van der Waals surface area contributed by atoms with E-state index in [2.05, 4.69) is 77.1 Å². The van der Waals surface area contributed by atoms with Crippen LogP contribution in [0.25, 0.3) is 0 Å². The van der Waals surface area contributed by atoms with Gasteiger partial charge in [0.15, 0.2) is 0 Å². The minimum absolute atomic E-state index is 0.0273. The molecule has 2 rings (SSSR count). The van der Waals surface area contributed by atoms with Gasteiger partial charge in [-0.15, -0.1) is 11.6 Å². The first-order valence-electron chi connectivity index (χ1n) is 7.58. The summed E-state index contributed by atoms with van der Waals surface area (Å²) in [6, 6.07) is 15.3. The average Bonchev–Trinajstić information content (AvgIpc) is 2.42. The Morgan fingerprint density at radius 1 is 0.952 bits per heavy atom. The van der Waals surface area contributed by atoms with Crippen LogP contribution < -0.4 is 0 Å². The highest BCUT2D eigenvalue weighted by Crippen LogP contribution is 2.29. The number of benzene rings is 2. The number of rotatable bonds is 3. The molecule has 1 unspecified atom stereocenters. The zero-order chi connectivity index (χ0) is 15.6. The van der Waals surface area contributed by atoms with Crippen molar-refractivity contribution in [3.8, 4) is 0 Å². The molecule has 1 atom stereocenters. The van der Waals surface area contributed by atoms with Crippen molar-refractivity contribution in [2.75, 3.05) is 0 Å². The first-order chi connectivity index (χ1) is 9.77. The molecule has 0 aliphatic rings. The van der Waals surface area contributed by atoms with Gasteiger partial charge in [-0.2, -0.15) is 0 Å². The van der Waals surface area contributed by atoms with Gasteiger partial charge >= 0.3 is 0 Å². The Labute approximate surface area is 134 Å². The lowest BCUT2D eigenvalue weighted by Crippen LogP contribution is -2.11. The third kappa shape index (κ3) is 4.11. The number of hydrogen-bond donors (Lipinski definition) is 0. The van der Waals surface area contributed by atoms with Gasteiger partial charge in [0.1, 0.15) is 0 Å². The second-order valence-electron chi connectivity index (χ2n) is 6.97. The Morgan fingerprint density at radius 3 is 2.14 bits per heavy atom. The highest BCUT2D eigenvalue weighted by atomic mass is 35.5. The van der Waals surface area contributed by atoms with E-state index in [1.165, 1.54) is 27.8 Å². The molecule has 0 N–H and O–H groups in total. The monoisotopic (exact) mass is 300 g/mol. The van der Waals surface area contributed by atoms with E-state index in [-0.39, 0.29) is 10.8 Å². The van der Waals surface area contributed by atoms with E-state index in [0.717, 1.165) is 6.42 Å². The maximum absolute atomic E-state index is 6.63. The Kier molecular flexibility index (Phi) is 4.78. The normalized spacial score (nSPS) is 13.2. The Bertz CT molecular complexity index is 603. The van der Waals surface area contributed by atoms with Crippen molar-refractivity contribution in [1.82, 2.24) is 0 Å². The molecule has 0 spiro atoms. The first-order valence-corrected chi connectivity index (χ1v) is 8.01. The molecule has 112 valence electrons. The minimum atomic E-state index is 0.0273. The van der Waals surface area contributed by atoms with Crippen molar-refractivity contribution in [2.24, 2.45) is 0 Å². The van der Waals surface area contributed by atoms with Gasteiger partial charge in [0.05, 0.1) is 5.38 Å². The van der Waals surface area contributed by atoms with Crippen molar-refractivity contribution in [2.45, 2.75) is 51.8 Å². The largest absolute Gasteiger partial charge is 0.117 e. The smallest absolute Gasteiger partial charge is 0.0625 e. The molecule has 0 radical (unpaired) electrons. The fourth-order valence-corrected chi connectivity index (χ4v) is 2.83. The van der Waals surface area contributed by atoms with E-state index in [1.54, 1.807) is 0 Å². The van der Waals surface area contributed by atoms with E-state index in [9.17, 15) is 0 Å². The number of aryl methyl sites for hydroxylation is 2. The lowest BCUT2D eigenvalue weighted by Gasteiger charge is -2.20. The van der Waals surface area contributed by atoms with Crippen LogP contribution in [-0.2, 0) is 11.8 Å². The molecule has 1 heteroatoms. The lowest BCUT2D eigenvalue weighted by atomic mass is 9.86. The molecule has 0 heterocycles. The van der Waals surface area contributed by atoms with Gasteiger partial charge in [0.2, 0.25) is 0 Å². The van der Waals surface area contributed by atoms with Crippen LogP contribution in [0, 0.1) is 13.8 Å². The average molecular weight is 301 g/mol. The minimum Gasteiger partial charge on any atom is -0.117 e. The zero-order valence-electron chi connectivity index (χ0n) is 13.7. The second-order valence-corrected chi connectivity index (χ2v) is 7.50. The van der Waals surface area contributed by atoms with Gasteiger partial charge in [-0.25, -0.2) is 0 Å². The first kappa shape index (κ1) is 16.1. The van der Waals surface area contributed by atoms with Gasteiger partial charge < -0.3 is 0 Å². The molecule has 2 aromatic rings. The highest BCUT2D eigenvalue weighted by molar-refractivity contribution is 6.20. The van der Waals surface area contributed by atoms with Crippen molar-refractivity contribution < 1.29 is 0 Å².